The summed E-state index contributed by atoms with van der Waals surface area (Å²) in [5, 5.41) is 6.48. The van der Waals surface area contributed by atoms with E-state index >= 15 is 0 Å². The summed E-state index contributed by atoms with van der Waals surface area (Å²) in [6, 6.07) is 4.31. The third-order valence-electron chi connectivity index (χ3n) is 4.58. The Labute approximate surface area is 184 Å². The number of hydrogen-bond acceptors (Lipinski definition) is 6. The molecule has 3 rings (SSSR count). The SMILES string of the molecule is CN1CCN(c2ncccc2CNC(=O)CC2CSCCN2)CC1.Cl.Cl.Cl. The fourth-order valence-electron chi connectivity index (χ4n) is 3.11. The highest BCUT2D eigenvalue weighted by atomic mass is 35.5. The van der Waals surface area contributed by atoms with Gasteiger partial charge in [-0.15, -0.1) is 37.2 Å². The molecular formula is C17H30Cl3N5OS. The molecule has 0 bridgehead atoms. The van der Waals surface area contributed by atoms with Crippen LogP contribution in [0, 0.1) is 0 Å². The zero-order chi connectivity index (χ0) is 16.8. The quantitative estimate of drug-likeness (QED) is 0.702. The Morgan fingerprint density at radius 1 is 1.30 bits per heavy atom. The average Bonchev–Trinajstić information content (AvgIpc) is 2.62. The molecule has 2 fully saturated rings. The predicted octanol–water partition coefficient (Wildman–Crippen LogP) is 1.81. The highest BCUT2D eigenvalue weighted by Gasteiger charge is 2.19. The number of halogens is 3. The van der Waals surface area contributed by atoms with Gasteiger partial charge in [0.05, 0.1) is 0 Å². The van der Waals surface area contributed by atoms with Crippen molar-refractivity contribution < 1.29 is 4.79 Å². The van der Waals surface area contributed by atoms with Crippen molar-refractivity contribution in [2.24, 2.45) is 0 Å². The molecule has 2 aliphatic rings. The predicted molar refractivity (Wildman–Crippen MR) is 121 cm³/mol. The van der Waals surface area contributed by atoms with Crippen LogP contribution in [0.3, 0.4) is 0 Å². The number of anilines is 1. The van der Waals surface area contributed by atoms with Crippen molar-refractivity contribution >= 4 is 60.7 Å². The molecule has 1 unspecified atom stereocenters. The van der Waals surface area contributed by atoms with Gasteiger partial charge in [-0.1, -0.05) is 6.07 Å². The van der Waals surface area contributed by atoms with Crippen LogP contribution in [0.5, 0.6) is 0 Å². The number of carbonyl (C=O) groups excluding carboxylic acids is 1. The number of nitrogens with one attached hydrogen (secondary N) is 2. The monoisotopic (exact) mass is 457 g/mol. The molecular weight excluding hydrogens is 429 g/mol. The number of carbonyl (C=O) groups is 1. The molecule has 1 aromatic rings. The number of pyridine rings is 1. The van der Waals surface area contributed by atoms with Crippen molar-refractivity contribution in [3.8, 4) is 0 Å². The maximum absolute atomic E-state index is 12.2. The molecule has 27 heavy (non-hydrogen) atoms. The Morgan fingerprint density at radius 3 is 2.70 bits per heavy atom. The van der Waals surface area contributed by atoms with Crippen LogP contribution in [-0.2, 0) is 11.3 Å². The maximum atomic E-state index is 12.2. The van der Waals surface area contributed by atoms with Gasteiger partial charge in [-0.3, -0.25) is 4.79 Å². The van der Waals surface area contributed by atoms with Gasteiger partial charge in [-0.25, -0.2) is 4.98 Å². The fourth-order valence-corrected chi connectivity index (χ4v) is 4.06. The van der Waals surface area contributed by atoms with E-state index in [1.54, 1.807) is 0 Å². The molecule has 1 atom stereocenters. The van der Waals surface area contributed by atoms with Gasteiger partial charge >= 0.3 is 0 Å². The molecule has 0 saturated carbocycles. The molecule has 6 nitrogen and oxygen atoms in total. The van der Waals surface area contributed by atoms with Crippen LogP contribution in [0.25, 0.3) is 0 Å². The summed E-state index contributed by atoms with van der Waals surface area (Å²) in [7, 11) is 2.15. The number of aromatic nitrogens is 1. The van der Waals surface area contributed by atoms with Crippen molar-refractivity contribution in [2.75, 3.05) is 56.2 Å². The Hall–Kier alpha value is -0.440. The number of rotatable bonds is 5. The van der Waals surface area contributed by atoms with Gasteiger partial charge in [0, 0.05) is 75.0 Å². The second-order valence-corrected chi connectivity index (χ2v) is 7.63. The highest BCUT2D eigenvalue weighted by Crippen LogP contribution is 2.18. The van der Waals surface area contributed by atoms with Crippen LogP contribution in [-0.4, -0.2) is 73.1 Å². The van der Waals surface area contributed by atoms with Crippen molar-refractivity contribution in [1.82, 2.24) is 20.5 Å². The first-order valence-corrected chi connectivity index (χ1v) is 9.83. The summed E-state index contributed by atoms with van der Waals surface area (Å²) in [5.74, 6) is 3.29. The minimum absolute atomic E-state index is 0. The van der Waals surface area contributed by atoms with Crippen molar-refractivity contribution in [3.63, 3.8) is 0 Å². The Bertz CT molecular complexity index is 555. The van der Waals surface area contributed by atoms with Crippen LogP contribution in [0.1, 0.15) is 12.0 Å². The smallest absolute Gasteiger partial charge is 0.221 e. The van der Waals surface area contributed by atoms with E-state index in [2.05, 4.69) is 38.5 Å². The first-order chi connectivity index (χ1) is 11.7. The van der Waals surface area contributed by atoms with E-state index in [1.807, 2.05) is 24.0 Å². The molecule has 1 amide bonds. The van der Waals surface area contributed by atoms with Crippen LogP contribution in [0.15, 0.2) is 18.3 Å². The number of nitrogens with zero attached hydrogens (tertiary/aromatic N) is 3. The van der Waals surface area contributed by atoms with E-state index in [0.717, 1.165) is 55.6 Å². The van der Waals surface area contributed by atoms with E-state index in [1.165, 1.54) is 0 Å². The molecule has 1 aromatic heterocycles. The Kier molecular flexibility index (Phi) is 13.5. The lowest BCUT2D eigenvalue weighted by Gasteiger charge is -2.34. The van der Waals surface area contributed by atoms with Crippen molar-refractivity contribution in [1.29, 1.82) is 0 Å². The van der Waals surface area contributed by atoms with E-state index in [4.69, 9.17) is 0 Å². The van der Waals surface area contributed by atoms with E-state index in [9.17, 15) is 4.79 Å². The van der Waals surface area contributed by atoms with Crippen LogP contribution in [0.4, 0.5) is 5.82 Å². The number of piperazine rings is 1. The lowest BCUT2D eigenvalue weighted by atomic mass is 10.2. The Morgan fingerprint density at radius 2 is 2.04 bits per heavy atom. The zero-order valence-corrected chi connectivity index (χ0v) is 18.8. The van der Waals surface area contributed by atoms with E-state index in [0.29, 0.717) is 19.0 Å². The summed E-state index contributed by atoms with van der Waals surface area (Å²) in [5.41, 5.74) is 1.10. The van der Waals surface area contributed by atoms with Crippen LogP contribution in [0.2, 0.25) is 0 Å². The minimum atomic E-state index is 0. The van der Waals surface area contributed by atoms with Gasteiger partial charge in [0.15, 0.2) is 0 Å². The maximum Gasteiger partial charge on any atom is 0.221 e. The third-order valence-corrected chi connectivity index (χ3v) is 5.71. The lowest BCUT2D eigenvalue weighted by Crippen LogP contribution is -2.45. The average molecular weight is 459 g/mol. The zero-order valence-electron chi connectivity index (χ0n) is 15.6. The second kappa shape index (κ2) is 13.7. The van der Waals surface area contributed by atoms with Crippen LogP contribution >= 0.6 is 49.0 Å². The second-order valence-electron chi connectivity index (χ2n) is 6.48. The summed E-state index contributed by atoms with van der Waals surface area (Å²) >= 11 is 1.92. The molecule has 0 spiro atoms. The lowest BCUT2D eigenvalue weighted by molar-refractivity contribution is -0.121. The molecule has 0 aliphatic carbocycles. The number of likely N-dealkylation sites (N-methyl/N-ethyl adjacent to an activating group) is 1. The highest BCUT2D eigenvalue weighted by molar-refractivity contribution is 7.99. The summed E-state index contributed by atoms with van der Waals surface area (Å²) in [4.78, 5) is 21.4. The third kappa shape index (κ3) is 8.21. The normalized spacial score (nSPS) is 19.9. The van der Waals surface area contributed by atoms with E-state index < -0.39 is 0 Å². The van der Waals surface area contributed by atoms with Crippen LogP contribution < -0.4 is 15.5 Å². The fraction of sp³-hybridized carbons (Fsp3) is 0.647. The largest absolute Gasteiger partial charge is 0.354 e. The molecule has 10 heteroatoms. The Balaban J connectivity index is 0.00000225. The summed E-state index contributed by atoms with van der Waals surface area (Å²) in [6.45, 7) is 5.61. The molecule has 156 valence electrons. The van der Waals surface area contributed by atoms with Gasteiger partial charge in [0.25, 0.3) is 0 Å². The minimum Gasteiger partial charge on any atom is -0.354 e. The molecule has 0 radical (unpaired) electrons. The molecule has 0 aromatic carbocycles. The first kappa shape index (κ1) is 26.6. The van der Waals surface area contributed by atoms with Gasteiger partial charge < -0.3 is 20.4 Å². The molecule has 2 saturated heterocycles. The molecule has 2 N–H and O–H groups in total. The number of thioether (sulfide) groups is 1. The topological polar surface area (TPSA) is 60.5 Å². The van der Waals surface area contributed by atoms with Crippen molar-refractivity contribution in [3.05, 3.63) is 23.9 Å². The van der Waals surface area contributed by atoms with E-state index in [-0.39, 0.29) is 43.1 Å². The standard InChI is InChI=1S/C17H27N5OS.3ClH/c1-21-6-8-22(9-7-21)17-14(3-2-4-19-17)12-20-16(23)11-15-13-24-10-5-18-15;;;/h2-4,15,18H,5-13H2,1H3,(H,20,23);3*1H. The molecule has 3 heterocycles. The van der Waals surface area contributed by atoms with Gasteiger partial charge in [-0.05, 0) is 13.1 Å². The van der Waals surface area contributed by atoms with Gasteiger partial charge in [-0.2, -0.15) is 11.8 Å². The van der Waals surface area contributed by atoms with Crippen molar-refractivity contribution in [2.45, 2.75) is 19.0 Å². The summed E-state index contributed by atoms with van der Waals surface area (Å²) in [6.07, 6.45) is 2.39. The summed E-state index contributed by atoms with van der Waals surface area (Å²) < 4.78 is 0. The number of amides is 1. The van der Waals surface area contributed by atoms with Gasteiger partial charge in [0.2, 0.25) is 5.91 Å². The molecule has 2 aliphatic heterocycles. The first-order valence-electron chi connectivity index (χ1n) is 8.67. The van der Waals surface area contributed by atoms with Gasteiger partial charge in [0.1, 0.15) is 5.82 Å². The number of hydrogen-bond donors (Lipinski definition) is 2.